The van der Waals surface area contributed by atoms with E-state index in [1.807, 2.05) is 20.8 Å². The van der Waals surface area contributed by atoms with Crippen molar-refractivity contribution in [2.24, 2.45) is 0 Å². The Morgan fingerprint density at radius 3 is 1.20 bits per heavy atom. The first-order chi connectivity index (χ1) is 33.5. The van der Waals surface area contributed by atoms with Gasteiger partial charge >= 0.3 is 0 Å². The van der Waals surface area contributed by atoms with Gasteiger partial charge in [-0.1, -0.05) is 13.8 Å². The van der Waals surface area contributed by atoms with E-state index in [0.29, 0.717) is 156 Å². The lowest BCUT2D eigenvalue weighted by molar-refractivity contribution is -0.141. The summed E-state index contributed by atoms with van der Waals surface area (Å²) in [7, 11) is 0. The first kappa shape index (κ1) is 61.3. The Bertz CT molecular complexity index is 1550. The Morgan fingerprint density at radius 2 is 0.826 bits per heavy atom. The summed E-state index contributed by atoms with van der Waals surface area (Å²) in [6.45, 7) is 16.2. The van der Waals surface area contributed by atoms with Crippen LogP contribution in [0.3, 0.4) is 0 Å². The van der Waals surface area contributed by atoms with E-state index < -0.39 is 5.91 Å². The summed E-state index contributed by atoms with van der Waals surface area (Å²) in [5.74, 6) is 1.07. The van der Waals surface area contributed by atoms with Crippen LogP contribution in [0.1, 0.15) is 45.0 Å². The fourth-order valence-electron chi connectivity index (χ4n) is 6.42. The number of hydrogen-bond donors (Lipinski definition) is 0. The van der Waals surface area contributed by atoms with Crippen molar-refractivity contribution in [3.05, 3.63) is 29.8 Å². The molecular weight excluding hydrogens is 939 g/mol. The molecule has 2 saturated heterocycles. The molecule has 22 heteroatoms. The smallest absolute Gasteiger partial charge is 0.254 e. The molecule has 20 nitrogen and oxygen atoms in total. The maximum atomic E-state index is 14.0. The van der Waals surface area contributed by atoms with E-state index in [4.69, 9.17) is 37.9 Å². The SMILES string of the molecule is CC.CCOCCOc1ccc(C(=O)N(CC(=O)N2CCN(C(=O)CSCCOCCOCCOCC(C)=O)CC2)CC(=O)N2CCN(C(=O)CSCCOCCOCCOCC(C)=O)CC2)cc1. The van der Waals surface area contributed by atoms with Gasteiger partial charge in [0.2, 0.25) is 23.6 Å². The maximum Gasteiger partial charge on any atom is 0.254 e. The molecule has 2 fully saturated rings. The van der Waals surface area contributed by atoms with Crippen molar-refractivity contribution >= 4 is 64.6 Å². The molecule has 1 aromatic carbocycles. The van der Waals surface area contributed by atoms with E-state index in [1.165, 1.54) is 42.3 Å². The molecule has 0 bridgehead atoms. The molecule has 2 aliphatic heterocycles. The minimum absolute atomic E-state index is 0.0335. The Labute approximate surface area is 416 Å². The van der Waals surface area contributed by atoms with Gasteiger partial charge in [0.15, 0.2) is 11.6 Å². The van der Waals surface area contributed by atoms with Crippen molar-refractivity contribution in [2.45, 2.75) is 34.6 Å². The minimum atomic E-state index is -0.487. The number of carbonyl (C=O) groups excluding carboxylic acids is 7. The van der Waals surface area contributed by atoms with E-state index in [1.54, 1.807) is 43.9 Å². The third-order valence-corrected chi connectivity index (χ3v) is 11.8. The number of ether oxygens (including phenoxy) is 8. The van der Waals surface area contributed by atoms with Gasteiger partial charge in [-0.3, -0.25) is 33.6 Å². The Balaban J connectivity index is 0.00000805. The third kappa shape index (κ3) is 27.9. The molecule has 5 amide bonds. The number of ketones is 2. The van der Waals surface area contributed by atoms with Crippen LogP contribution >= 0.6 is 23.5 Å². The zero-order chi connectivity index (χ0) is 50.5. The number of Topliss-reactive ketones (excluding diaryl/α,β-unsaturated/α-hetero) is 2. The summed E-state index contributed by atoms with van der Waals surface area (Å²) in [6.07, 6.45) is 0. The van der Waals surface area contributed by atoms with Gasteiger partial charge in [0, 0.05) is 76.0 Å². The Kier molecular flexibility index (Phi) is 34.5. The van der Waals surface area contributed by atoms with Gasteiger partial charge in [0.1, 0.15) is 38.7 Å². The van der Waals surface area contributed by atoms with Crippen LogP contribution in [0.4, 0.5) is 0 Å². The molecule has 0 radical (unpaired) electrons. The van der Waals surface area contributed by atoms with Crippen LogP contribution in [0.2, 0.25) is 0 Å². The quantitative estimate of drug-likeness (QED) is 0.0876. The molecule has 0 spiro atoms. The lowest BCUT2D eigenvalue weighted by Crippen LogP contribution is -2.55. The highest BCUT2D eigenvalue weighted by molar-refractivity contribution is 8.00. The van der Waals surface area contributed by atoms with Crippen LogP contribution < -0.4 is 4.74 Å². The zero-order valence-electron chi connectivity index (χ0n) is 41.5. The van der Waals surface area contributed by atoms with Crippen molar-refractivity contribution in [1.82, 2.24) is 24.5 Å². The fourth-order valence-corrected chi connectivity index (χ4v) is 7.90. The van der Waals surface area contributed by atoms with Gasteiger partial charge in [-0.15, -0.1) is 23.5 Å². The number of nitrogens with zero attached hydrogens (tertiary/aromatic N) is 5. The summed E-state index contributed by atoms with van der Waals surface area (Å²) in [4.78, 5) is 97.0. The van der Waals surface area contributed by atoms with Gasteiger partial charge in [-0.25, -0.2) is 0 Å². The lowest BCUT2D eigenvalue weighted by atomic mass is 10.1. The molecule has 69 heavy (non-hydrogen) atoms. The number of amides is 5. The Morgan fingerprint density at radius 1 is 0.478 bits per heavy atom. The van der Waals surface area contributed by atoms with Gasteiger partial charge < -0.3 is 62.4 Å². The highest BCUT2D eigenvalue weighted by Crippen LogP contribution is 2.16. The van der Waals surface area contributed by atoms with Crippen LogP contribution in [-0.4, -0.2) is 253 Å². The monoisotopic (exact) mass is 1020 g/mol. The molecule has 2 heterocycles. The van der Waals surface area contributed by atoms with Crippen LogP contribution in [0.15, 0.2) is 24.3 Å². The predicted octanol–water partition coefficient (Wildman–Crippen LogP) is 1.66. The molecule has 0 atom stereocenters. The second-order valence-corrected chi connectivity index (χ2v) is 17.5. The van der Waals surface area contributed by atoms with E-state index in [-0.39, 0.29) is 78.6 Å². The normalized spacial score (nSPS) is 13.7. The summed E-state index contributed by atoms with van der Waals surface area (Å²) >= 11 is 2.93. The average Bonchev–Trinajstić information content (AvgIpc) is 3.36. The number of carbonyl (C=O) groups is 7. The molecule has 3 rings (SSSR count). The fraction of sp³-hybridized carbons (Fsp3) is 0.723. The largest absolute Gasteiger partial charge is 0.491 e. The average molecular weight is 1020 g/mol. The molecule has 0 unspecified atom stereocenters. The molecular formula is C47H77N5O15S2. The minimum Gasteiger partial charge on any atom is -0.491 e. The standard InChI is InChI=1S/C45H71N5O15S2.C2H6/c1-4-58-25-26-65-40-7-5-39(6-8-40)45(57)50(31-41(53)46-9-13-48(14-10-46)43(55)35-66-29-27-61-19-17-59-21-23-63-33-37(2)51)32-42(54)47-11-15-49(16-12-47)44(56)36-67-30-28-62-20-18-60-22-24-64-34-38(3)52;1-2/h5-8H,4,9-36H2,1-3H3;1-2H3. The number of hydrogen-bond acceptors (Lipinski definition) is 17. The number of benzene rings is 1. The molecule has 0 saturated carbocycles. The molecule has 0 aliphatic carbocycles. The van der Waals surface area contributed by atoms with Crippen LogP contribution in [0.25, 0.3) is 0 Å². The number of thioether (sulfide) groups is 2. The van der Waals surface area contributed by atoms with Gasteiger partial charge in [0.25, 0.3) is 5.91 Å². The van der Waals surface area contributed by atoms with Crippen LogP contribution in [0.5, 0.6) is 5.75 Å². The second-order valence-electron chi connectivity index (χ2n) is 15.3. The summed E-state index contributed by atoms with van der Waals surface area (Å²) in [6, 6.07) is 6.52. The van der Waals surface area contributed by atoms with E-state index in [0.717, 1.165) is 0 Å². The second kappa shape index (κ2) is 38.8. The highest BCUT2D eigenvalue weighted by Gasteiger charge is 2.31. The van der Waals surface area contributed by atoms with Crippen molar-refractivity contribution in [3.8, 4) is 5.75 Å². The topological polar surface area (TPSA) is 210 Å². The molecule has 392 valence electrons. The van der Waals surface area contributed by atoms with Gasteiger partial charge in [0.05, 0.1) is 84.2 Å². The van der Waals surface area contributed by atoms with E-state index in [9.17, 15) is 33.6 Å². The highest BCUT2D eigenvalue weighted by atomic mass is 32.2. The van der Waals surface area contributed by atoms with Crippen LogP contribution in [0, 0.1) is 0 Å². The molecule has 0 aromatic heterocycles. The first-order valence-corrected chi connectivity index (χ1v) is 26.1. The van der Waals surface area contributed by atoms with E-state index >= 15 is 0 Å². The van der Waals surface area contributed by atoms with Crippen LogP contribution in [-0.2, 0) is 61.9 Å². The Hall–Kier alpha value is -3.87. The molecule has 0 N–H and O–H groups in total. The zero-order valence-corrected chi connectivity index (χ0v) is 43.1. The van der Waals surface area contributed by atoms with Crippen molar-refractivity contribution < 1.29 is 71.5 Å². The van der Waals surface area contributed by atoms with Crippen molar-refractivity contribution in [1.29, 1.82) is 0 Å². The summed E-state index contributed by atoms with van der Waals surface area (Å²) in [5, 5.41) is 0. The predicted molar refractivity (Wildman–Crippen MR) is 263 cm³/mol. The third-order valence-electron chi connectivity index (χ3n) is 10.0. The van der Waals surface area contributed by atoms with Gasteiger partial charge in [-0.05, 0) is 45.0 Å². The maximum absolute atomic E-state index is 14.0. The van der Waals surface area contributed by atoms with Gasteiger partial charge in [-0.2, -0.15) is 0 Å². The molecule has 1 aromatic rings. The summed E-state index contributed by atoms with van der Waals surface area (Å²) in [5.41, 5.74) is 0.288. The number of rotatable bonds is 36. The van der Waals surface area contributed by atoms with Crippen molar-refractivity contribution in [2.75, 3.05) is 188 Å². The lowest BCUT2D eigenvalue weighted by Gasteiger charge is -2.37. The van der Waals surface area contributed by atoms with Crippen molar-refractivity contribution in [3.63, 3.8) is 0 Å². The summed E-state index contributed by atoms with van der Waals surface area (Å²) < 4.78 is 43.2. The molecule has 2 aliphatic rings. The first-order valence-electron chi connectivity index (χ1n) is 23.8. The van der Waals surface area contributed by atoms with E-state index in [2.05, 4.69) is 0 Å². The number of piperazine rings is 2.